The van der Waals surface area contributed by atoms with E-state index < -0.39 is 5.41 Å². The van der Waals surface area contributed by atoms with Crippen LogP contribution in [0.3, 0.4) is 0 Å². The summed E-state index contributed by atoms with van der Waals surface area (Å²) >= 11 is 0. The third-order valence-corrected chi connectivity index (χ3v) is 12.3. The van der Waals surface area contributed by atoms with Crippen LogP contribution >= 0.6 is 0 Å². The van der Waals surface area contributed by atoms with E-state index in [9.17, 15) is 0 Å². The standard InChI is InChI=1S/C55H35NO/c1-4-15-36(16-5-1)38-19-14-22-41(33-38)56(40-20-8-3-9-21-40)42-28-30-44-43-29-27-39(37-17-6-2-7-18-37)34-50(43)55(51(44)35-42)48-25-12-10-24-47(48)53-49(55)32-31-46-45-23-11-13-26-52(45)57-54(46)53/h1-35H. The van der Waals surface area contributed by atoms with Crippen LogP contribution in [0.5, 0.6) is 0 Å². The van der Waals surface area contributed by atoms with Gasteiger partial charge in [-0.3, -0.25) is 0 Å². The lowest BCUT2D eigenvalue weighted by atomic mass is 9.70. The molecule has 0 saturated carbocycles. The van der Waals surface area contributed by atoms with Crippen molar-refractivity contribution in [1.82, 2.24) is 0 Å². The summed E-state index contributed by atoms with van der Waals surface area (Å²) < 4.78 is 6.84. The van der Waals surface area contributed by atoms with Gasteiger partial charge in [-0.05, 0) is 110 Å². The monoisotopic (exact) mass is 725 g/mol. The van der Waals surface area contributed by atoms with Crippen LogP contribution in [0.4, 0.5) is 17.1 Å². The molecule has 9 aromatic carbocycles. The molecule has 2 aliphatic carbocycles. The highest BCUT2D eigenvalue weighted by Gasteiger charge is 2.53. The molecule has 2 heteroatoms. The van der Waals surface area contributed by atoms with Gasteiger partial charge >= 0.3 is 0 Å². The van der Waals surface area contributed by atoms with E-state index in [0.717, 1.165) is 39.0 Å². The Kier molecular flexibility index (Phi) is 6.88. The van der Waals surface area contributed by atoms with Gasteiger partial charge in [0.05, 0.1) is 5.41 Å². The van der Waals surface area contributed by atoms with Crippen LogP contribution in [-0.4, -0.2) is 0 Å². The van der Waals surface area contributed by atoms with Crippen LogP contribution in [0, 0.1) is 0 Å². The van der Waals surface area contributed by atoms with Crippen LogP contribution in [0.1, 0.15) is 22.3 Å². The number of hydrogen-bond acceptors (Lipinski definition) is 2. The summed E-state index contributed by atoms with van der Waals surface area (Å²) in [5, 5.41) is 2.29. The van der Waals surface area contributed by atoms with Gasteiger partial charge in [-0.2, -0.15) is 0 Å². The van der Waals surface area contributed by atoms with Crippen molar-refractivity contribution in [1.29, 1.82) is 0 Å². The summed E-state index contributed by atoms with van der Waals surface area (Å²) in [4.78, 5) is 2.41. The molecule has 57 heavy (non-hydrogen) atoms. The first-order valence-corrected chi connectivity index (χ1v) is 19.7. The maximum absolute atomic E-state index is 6.84. The molecule has 0 N–H and O–H groups in total. The topological polar surface area (TPSA) is 16.4 Å². The molecule has 1 spiro atoms. The lowest BCUT2D eigenvalue weighted by molar-refractivity contribution is 0.669. The summed E-state index contributed by atoms with van der Waals surface area (Å²) in [6, 6.07) is 77.4. The van der Waals surface area contributed by atoms with Gasteiger partial charge in [0, 0.05) is 33.4 Å². The van der Waals surface area contributed by atoms with Crippen molar-refractivity contribution in [2.24, 2.45) is 0 Å². The lowest BCUT2D eigenvalue weighted by Gasteiger charge is -2.32. The third-order valence-electron chi connectivity index (χ3n) is 12.3. The second-order valence-electron chi connectivity index (χ2n) is 15.2. The highest BCUT2D eigenvalue weighted by atomic mass is 16.3. The first-order chi connectivity index (χ1) is 28.3. The molecule has 0 radical (unpaired) electrons. The highest BCUT2D eigenvalue weighted by molar-refractivity contribution is 6.13. The van der Waals surface area contributed by atoms with Gasteiger partial charge < -0.3 is 9.32 Å². The Bertz CT molecular complexity index is 3180. The van der Waals surface area contributed by atoms with Gasteiger partial charge in [-0.15, -0.1) is 0 Å². The van der Waals surface area contributed by atoms with Gasteiger partial charge in [-0.25, -0.2) is 0 Å². The molecule has 0 amide bonds. The van der Waals surface area contributed by atoms with E-state index >= 15 is 0 Å². The Hall–Kier alpha value is -7.42. The highest BCUT2D eigenvalue weighted by Crippen LogP contribution is 2.65. The molecular formula is C55H35NO. The first kappa shape index (κ1) is 31.9. The Morgan fingerprint density at radius 3 is 1.72 bits per heavy atom. The maximum Gasteiger partial charge on any atom is 0.143 e. The van der Waals surface area contributed by atoms with E-state index in [2.05, 4.69) is 217 Å². The number of furan rings is 1. The summed E-state index contributed by atoms with van der Waals surface area (Å²) in [6.07, 6.45) is 0. The lowest BCUT2D eigenvalue weighted by Crippen LogP contribution is -2.26. The molecule has 1 unspecified atom stereocenters. The maximum atomic E-state index is 6.84. The molecule has 0 aliphatic heterocycles. The fourth-order valence-electron chi connectivity index (χ4n) is 9.86. The first-order valence-electron chi connectivity index (χ1n) is 19.7. The number of nitrogens with zero attached hydrogens (tertiary/aromatic N) is 1. The van der Waals surface area contributed by atoms with E-state index in [1.54, 1.807) is 0 Å². The Morgan fingerprint density at radius 1 is 0.333 bits per heavy atom. The van der Waals surface area contributed by atoms with Crippen molar-refractivity contribution >= 4 is 39.0 Å². The van der Waals surface area contributed by atoms with Crippen LogP contribution in [-0.2, 0) is 5.41 Å². The molecule has 0 bridgehead atoms. The molecule has 0 saturated heterocycles. The summed E-state index contributed by atoms with van der Waals surface area (Å²) in [5.74, 6) is 0. The van der Waals surface area contributed by atoms with Gasteiger partial charge in [0.15, 0.2) is 0 Å². The Morgan fingerprint density at radius 2 is 0.930 bits per heavy atom. The quantitative estimate of drug-likeness (QED) is 0.176. The predicted molar refractivity (Wildman–Crippen MR) is 236 cm³/mol. The van der Waals surface area contributed by atoms with Crippen molar-refractivity contribution in [3.63, 3.8) is 0 Å². The fraction of sp³-hybridized carbons (Fsp3) is 0.0182. The molecule has 0 fully saturated rings. The van der Waals surface area contributed by atoms with E-state index in [1.165, 1.54) is 66.8 Å². The smallest absolute Gasteiger partial charge is 0.143 e. The average molecular weight is 726 g/mol. The number of rotatable bonds is 5. The summed E-state index contributed by atoms with van der Waals surface area (Å²) in [6.45, 7) is 0. The predicted octanol–water partition coefficient (Wildman–Crippen LogP) is 14.7. The minimum atomic E-state index is -0.585. The number of anilines is 3. The molecule has 1 heterocycles. The third kappa shape index (κ3) is 4.59. The van der Waals surface area contributed by atoms with Crippen LogP contribution in [0.25, 0.3) is 66.4 Å². The zero-order valence-electron chi connectivity index (χ0n) is 31.1. The fourth-order valence-corrected chi connectivity index (χ4v) is 9.86. The number of fused-ring (bicyclic) bond motifs is 14. The molecule has 2 nitrogen and oxygen atoms in total. The Balaban J connectivity index is 1.16. The normalized spacial score (nSPS) is 14.7. The largest absolute Gasteiger partial charge is 0.455 e. The van der Waals surface area contributed by atoms with Crippen LogP contribution in [0.2, 0.25) is 0 Å². The Labute approximate surface area is 331 Å². The van der Waals surface area contributed by atoms with E-state index in [0.29, 0.717) is 0 Å². The number of para-hydroxylation sites is 2. The van der Waals surface area contributed by atoms with E-state index in [-0.39, 0.29) is 0 Å². The van der Waals surface area contributed by atoms with Gasteiger partial charge in [0.2, 0.25) is 0 Å². The molecule has 10 aromatic rings. The second kappa shape index (κ2) is 12.3. The molecular weight excluding hydrogens is 691 g/mol. The molecule has 1 aromatic heterocycles. The minimum absolute atomic E-state index is 0.585. The molecule has 12 rings (SSSR count). The van der Waals surface area contributed by atoms with Crippen LogP contribution < -0.4 is 4.90 Å². The van der Waals surface area contributed by atoms with Crippen molar-refractivity contribution < 1.29 is 4.42 Å². The molecule has 1 atom stereocenters. The van der Waals surface area contributed by atoms with E-state index in [4.69, 9.17) is 4.42 Å². The van der Waals surface area contributed by atoms with Crippen molar-refractivity contribution in [2.75, 3.05) is 4.90 Å². The SMILES string of the molecule is c1ccc(-c2cccc(N(c3ccccc3)c3ccc4c(c3)C3(c5cc(-c6ccccc6)ccc5-4)c4ccccc4-c4c3ccc3c4oc4ccccc43)c2)cc1. The number of hydrogen-bond donors (Lipinski definition) is 0. The van der Waals surface area contributed by atoms with Crippen LogP contribution in [0.15, 0.2) is 217 Å². The molecule has 266 valence electrons. The average Bonchev–Trinajstić information content (AvgIpc) is 3.91. The number of benzene rings is 9. The van der Waals surface area contributed by atoms with Crippen molar-refractivity contribution in [2.45, 2.75) is 5.41 Å². The van der Waals surface area contributed by atoms with Gasteiger partial charge in [0.1, 0.15) is 11.2 Å². The van der Waals surface area contributed by atoms with Gasteiger partial charge in [0.25, 0.3) is 0 Å². The van der Waals surface area contributed by atoms with Crippen molar-refractivity contribution in [3.8, 4) is 44.5 Å². The zero-order chi connectivity index (χ0) is 37.5. The summed E-state index contributed by atoms with van der Waals surface area (Å²) in [5.41, 5.74) is 19.4. The minimum Gasteiger partial charge on any atom is -0.455 e. The summed E-state index contributed by atoms with van der Waals surface area (Å²) in [7, 11) is 0. The molecule has 2 aliphatic rings. The van der Waals surface area contributed by atoms with Crippen molar-refractivity contribution in [3.05, 3.63) is 235 Å². The van der Waals surface area contributed by atoms with E-state index in [1.807, 2.05) is 0 Å². The second-order valence-corrected chi connectivity index (χ2v) is 15.2. The zero-order valence-corrected chi connectivity index (χ0v) is 31.1. The van der Waals surface area contributed by atoms with Gasteiger partial charge in [-0.1, -0.05) is 164 Å².